The molecule has 0 fully saturated rings. The lowest BCUT2D eigenvalue weighted by atomic mass is 10.2. The molecule has 0 bridgehead atoms. The van der Waals surface area contributed by atoms with Crippen LogP contribution in [-0.4, -0.2) is 25.1 Å². The molecule has 0 spiro atoms. The molecule has 1 rings (SSSR count). The summed E-state index contributed by atoms with van der Waals surface area (Å²) in [7, 11) is 1.48. The summed E-state index contributed by atoms with van der Waals surface area (Å²) < 4.78 is 10.2. The summed E-state index contributed by atoms with van der Waals surface area (Å²) in [6.45, 7) is 5.22. The molecule has 0 aromatic heterocycles. The second-order valence-corrected chi connectivity index (χ2v) is 5.09. The van der Waals surface area contributed by atoms with Crippen molar-refractivity contribution in [1.29, 1.82) is 0 Å². The van der Waals surface area contributed by atoms with E-state index >= 15 is 0 Å². The van der Waals surface area contributed by atoms with Gasteiger partial charge in [0.05, 0.1) is 12.8 Å². The number of ether oxygens (including phenoxy) is 2. The average Bonchev–Trinajstić information content (AvgIpc) is 2.48. The summed E-state index contributed by atoms with van der Waals surface area (Å²) >= 11 is 6.01. The number of rotatable bonds is 6. The third kappa shape index (κ3) is 5.07. The van der Waals surface area contributed by atoms with Gasteiger partial charge in [-0.15, -0.1) is 0 Å². The molecule has 0 radical (unpaired) electrons. The minimum Gasteiger partial charge on any atom is -0.495 e. The summed E-state index contributed by atoms with van der Waals surface area (Å²) in [6, 6.07) is 3.32. The Morgan fingerprint density at radius 2 is 2.09 bits per heavy atom. The molecule has 0 saturated heterocycles. The van der Waals surface area contributed by atoms with Crippen LogP contribution in [0, 0.1) is 6.92 Å². The van der Waals surface area contributed by atoms with Crippen LogP contribution in [0.4, 0.5) is 5.69 Å². The van der Waals surface area contributed by atoms with Gasteiger partial charge in [0.1, 0.15) is 5.75 Å². The molecule has 1 N–H and O–H groups in total. The number of anilines is 1. The van der Waals surface area contributed by atoms with Crippen LogP contribution in [0.3, 0.4) is 0 Å². The average molecular weight is 326 g/mol. The molecule has 0 aliphatic carbocycles. The lowest BCUT2D eigenvalue weighted by molar-refractivity contribution is -0.148. The van der Waals surface area contributed by atoms with Crippen molar-refractivity contribution in [3.63, 3.8) is 0 Å². The molecule has 5 nitrogen and oxygen atoms in total. The van der Waals surface area contributed by atoms with E-state index in [0.29, 0.717) is 16.5 Å². The van der Waals surface area contributed by atoms with Crippen molar-refractivity contribution >= 4 is 29.2 Å². The molecule has 0 unspecified atom stereocenters. The maximum atomic E-state index is 12.1. The van der Waals surface area contributed by atoms with E-state index in [1.165, 1.54) is 20.1 Å². The topological polar surface area (TPSA) is 64.6 Å². The molecule has 0 aliphatic heterocycles. The maximum absolute atomic E-state index is 12.1. The van der Waals surface area contributed by atoms with Crippen LogP contribution in [0.25, 0.3) is 0 Å². The summed E-state index contributed by atoms with van der Waals surface area (Å²) in [5, 5.41) is 3.21. The van der Waals surface area contributed by atoms with Crippen LogP contribution in [0.15, 0.2) is 24.3 Å². The van der Waals surface area contributed by atoms with Gasteiger partial charge >= 0.3 is 5.97 Å². The number of methoxy groups -OCH3 is 1. The van der Waals surface area contributed by atoms with Gasteiger partial charge in [0.2, 0.25) is 0 Å². The molecule has 6 heteroatoms. The van der Waals surface area contributed by atoms with Gasteiger partial charge in [-0.25, -0.2) is 4.79 Å². The number of aryl methyl sites for hydroxylation is 1. The van der Waals surface area contributed by atoms with E-state index in [4.69, 9.17) is 21.1 Å². The van der Waals surface area contributed by atoms with Crippen molar-refractivity contribution in [3.8, 4) is 5.75 Å². The summed E-state index contributed by atoms with van der Waals surface area (Å²) in [4.78, 5) is 23.5. The molecular formula is C16H20ClNO4. The lowest BCUT2D eigenvalue weighted by Gasteiger charge is -2.15. The van der Waals surface area contributed by atoms with Gasteiger partial charge in [0.15, 0.2) is 6.10 Å². The van der Waals surface area contributed by atoms with E-state index in [0.717, 1.165) is 12.0 Å². The first-order chi connectivity index (χ1) is 10.4. The molecule has 120 valence electrons. The third-order valence-corrected chi connectivity index (χ3v) is 3.30. The molecular weight excluding hydrogens is 306 g/mol. The second-order valence-electron chi connectivity index (χ2n) is 4.68. The maximum Gasteiger partial charge on any atom is 0.331 e. The lowest BCUT2D eigenvalue weighted by Crippen LogP contribution is -2.29. The number of nitrogens with one attached hydrogen (secondary N) is 1. The smallest absolute Gasteiger partial charge is 0.331 e. The number of hydrogen-bond donors (Lipinski definition) is 1. The monoisotopic (exact) mass is 325 g/mol. The Morgan fingerprint density at radius 1 is 1.41 bits per heavy atom. The Labute approximate surface area is 135 Å². The van der Waals surface area contributed by atoms with Crippen molar-refractivity contribution in [2.24, 2.45) is 0 Å². The van der Waals surface area contributed by atoms with Gasteiger partial charge in [0.25, 0.3) is 5.91 Å². The highest BCUT2D eigenvalue weighted by Gasteiger charge is 2.18. The van der Waals surface area contributed by atoms with Crippen LogP contribution in [0.2, 0.25) is 5.02 Å². The molecule has 0 heterocycles. The highest BCUT2D eigenvalue weighted by Crippen LogP contribution is 2.31. The van der Waals surface area contributed by atoms with E-state index in [-0.39, 0.29) is 0 Å². The van der Waals surface area contributed by atoms with Crippen molar-refractivity contribution in [1.82, 2.24) is 0 Å². The largest absolute Gasteiger partial charge is 0.495 e. The number of carbonyl (C=O) groups excluding carboxylic acids is 2. The first-order valence-electron chi connectivity index (χ1n) is 6.91. The standard InChI is InChI=1S/C16H20ClNO4/c1-5-6-7-15(19)22-11(3)16(20)18-13-8-10(2)12(17)9-14(13)21-4/h6-9,11H,5H2,1-4H3,(H,18,20)/b7-6+/t11-/m0/s1. The van der Waals surface area contributed by atoms with Crippen LogP contribution in [0.5, 0.6) is 5.75 Å². The van der Waals surface area contributed by atoms with Gasteiger partial charge in [0, 0.05) is 17.2 Å². The number of amides is 1. The Morgan fingerprint density at radius 3 is 2.68 bits per heavy atom. The minimum absolute atomic E-state index is 0.438. The van der Waals surface area contributed by atoms with E-state index in [1.807, 2.05) is 13.8 Å². The first-order valence-corrected chi connectivity index (χ1v) is 7.29. The van der Waals surface area contributed by atoms with Crippen molar-refractivity contribution < 1.29 is 19.1 Å². The zero-order chi connectivity index (χ0) is 16.7. The summed E-state index contributed by atoms with van der Waals surface area (Å²) in [5.41, 5.74) is 1.27. The number of carbonyl (C=O) groups is 2. The SMILES string of the molecule is CC/C=C/C(=O)O[C@@H](C)C(=O)Nc1cc(C)c(Cl)cc1OC. The Kier molecular flexibility index (Phi) is 6.92. The zero-order valence-electron chi connectivity index (χ0n) is 13.1. The molecule has 0 aliphatic rings. The third-order valence-electron chi connectivity index (χ3n) is 2.89. The number of hydrogen-bond acceptors (Lipinski definition) is 4. The number of halogens is 1. The van der Waals surface area contributed by atoms with Crippen molar-refractivity contribution in [2.75, 3.05) is 12.4 Å². The molecule has 22 heavy (non-hydrogen) atoms. The van der Waals surface area contributed by atoms with Gasteiger partial charge < -0.3 is 14.8 Å². The second kappa shape index (κ2) is 8.44. The predicted octanol–water partition coefficient (Wildman–Crippen LogP) is 3.49. The van der Waals surface area contributed by atoms with Crippen LogP contribution < -0.4 is 10.1 Å². The highest BCUT2D eigenvalue weighted by molar-refractivity contribution is 6.31. The van der Waals surface area contributed by atoms with Crippen LogP contribution >= 0.6 is 11.6 Å². The zero-order valence-corrected chi connectivity index (χ0v) is 13.9. The van der Waals surface area contributed by atoms with E-state index in [2.05, 4.69) is 5.32 Å². The van der Waals surface area contributed by atoms with Gasteiger partial charge in [-0.05, 0) is 31.9 Å². The number of esters is 1. The van der Waals surface area contributed by atoms with E-state index in [9.17, 15) is 9.59 Å². The van der Waals surface area contributed by atoms with Gasteiger partial charge in [-0.1, -0.05) is 24.6 Å². The first kappa shape index (κ1) is 18.0. The Bertz CT molecular complexity index is 584. The van der Waals surface area contributed by atoms with Gasteiger partial charge in [-0.2, -0.15) is 0 Å². The Balaban J connectivity index is 2.78. The van der Waals surface area contributed by atoms with E-state index in [1.54, 1.807) is 18.2 Å². The molecule has 1 aromatic carbocycles. The van der Waals surface area contributed by atoms with E-state index < -0.39 is 18.0 Å². The predicted molar refractivity (Wildman–Crippen MR) is 86.4 cm³/mol. The molecule has 1 aromatic rings. The Hall–Kier alpha value is -2.01. The van der Waals surface area contributed by atoms with Crippen molar-refractivity contribution in [2.45, 2.75) is 33.3 Å². The summed E-state index contributed by atoms with van der Waals surface area (Å²) in [5.74, 6) is -0.560. The number of allylic oxidation sites excluding steroid dienone is 1. The number of benzene rings is 1. The minimum atomic E-state index is -0.922. The molecule has 0 saturated carbocycles. The fourth-order valence-corrected chi connectivity index (χ4v) is 1.80. The van der Waals surface area contributed by atoms with Crippen molar-refractivity contribution in [3.05, 3.63) is 34.9 Å². The quantitative estimate of drug-likeness (QED) is 0.642. The van der Waals surface area contributed by atoms with Crippen LogP contribution in [0.1, 0.15) is 25.8 Å². The summed E-state index contributed by atoms with van der Waals surface area (Å²) in [6.07, 6.45) is 2.77. The normalized spacial score (nSPS) is 12.0. The molecule has 1 amide bonds. The van der Waals surface area contributed by atoms with Gasteiger partial charge in [-0.3, -0.25) is 4.79 Å². The molecule has 1 atom stereocenters. The fraction of sp³-hybridized carbons (Fsp3) is 0.375. The highest BCUT2D eigenvalue weighted by atomic mass is 35.5. The fourth-order valence-electron chi connectivity index (χ4n) is 1.65. The van der Waals surface area contributed by atoms with Crippen LogP contribution in [-0.2, 0) is 14.3 Å².